The van der Waals surface area contributed by atoms with Crippen LogP contribution in [0.25, 0.3) is 0 Å². The first kappa shape index (κ1) is 16.6. The van der Waals surface area contributed by atoms with E-state index in [1.165, 1.54) is 6.08 Å². The number of ether oxygens (including phenoxy) is 2. The second-order valence-electron chi connectivity index (χ2n) is 5.27. The van der Waals surface area contributed by atoms with Crippen molar-refractivity contribution in [3.63, 3.8) is 0 Å². The van der Waals surface area contributed by atoms with Gasteiger partial charge in [0.15, 0.2) is 0 Å². The summed E-state index contributed by atoms with van der Waals surface area (Å²) in [5, 5.41) is 9.59. The molecule has 0 radical (unpaired) electrons. The number of hydrogen-bond donors (Lipinski definition) is 1. The van der Waals surface area contributed by atoms with Gasteiger partial charge < -0.3 is 14.6 Å². The molecule has 20 heavy (non-hydrogen) atoms. The van der Waals surface area contributed by atoms with Crippen molar-refractivity contribution in [3.05, 3.63) is 23.7 Å². The molecule has 1 N–H and O–H groups in total. The standard InChI is InChI=1S/C16H26O4/c1-4-6-10-13-15(18)20-16(13,3)12-9-7-8-11-14(17)19-5-2/h8,11,18H,4-7,9-10,12H2,1-3H3/b11-8+. The fraction of sp³-hybridized carbons (Fsp3) is 0.688. The van der Waals surface area contributed by atoms with E-state index < -0.39 is 0 Å². The molecule has 0 aromatic heterocycles. The van der Waals surface area contributed by atoms with Crippen LogP contribution in [-0.4, -0.2) is 23.3 Å². The first-order valence-corrected chi connectivity index (χ1v) is 7.48. The number of carbonyl (C=O) groups excluding carboxylic acids is 1. The highest BCUT2D eigenvalue weighted by Crippen LogP contribution is 2.42. The molecular formula is C16H26O4. The molecule has 4 heteroatoms. The van der Waals surface area contributed by atoms with E-state index in [-0.39, 0.29) is 17.5 Å². The zero-order valence-corrected chi connectivity index (χ0v) is 12.8. The highest BCUT2D eigenvalue weighted by molar-refractivity contribution is 5.81. The van der Waals surface area contributed by atoms with Crippen molar-refractivity contribution in [1.29, 1.82) is 0 Å². The molecule has 0 fully saturated rings. The molecule has 1 atom stereocenters. The van der Waals surface area contributed by atoms with E-state index >= 15 is 0 Å². The smallest absolute Gasteiger partial charge is 0.330 e. The molecule has 1 aliphatic heterocycles. The van der Waals surface area contributed by atoms with Gasteiger partial charge in [-0.2, -0.15) is 0 Å². The van der Waals surface area contributed by atoms with Crippen LogP contribution in [0.15, 0.2) is 23.7 Å². The molecule has 4 nitrogen and oxygen atoms in total. The number of carbonyl (C=O) groups is 1. The van der Waals surface area contributed by atoms with Gasteiger partial charge in [-0.3, -0.25) is 0 Å². The van der Waals surface area contributed by atoms with Gasteiger partial charge in [-0.05, 0) is 46.0 Å². The molecule has 0 bridgehead atoms. The van der Waals surface area contributed by atoms with Crippen molar-refractivity contribution in [2.75, 3.05) is 6.61 Å². The highest BCUT2D eigenvalue weighted by Gasteiger charge is 2.42. The molecule has 0 saturated heterocycles. The van der Waals surface area contributed by atoms with Crippen LogP contribution in [0.1, 0.15) is 59.3 Å². The molecule has 0 aliphatic carbocycles. The number of allylic oxidation sites excluding steroid dienone is 1. The summed E-state index contributed by atoms with van der Waals surface area (Å²) in [6.45, 7) is 6.35. The van der Waals surface area contributed by atoms with Crippen LogP contribution < -0.4 is 0 Å². The molecule has 1 rings (SSSR count). The van der Waals surface area contributed by atoms with Crippen molar-refractivity contribution < 1.29 is 19.4 Å². The monoisotopic (exact) mass is 282 g/mol. The number of esters is 1. The predicted molar refractivity (Wildman–Crippen MR) is 78.3 cm³/mol. The van der Waals surface area contributed by atoms with Crippen LogP contribution in [0, 0.1) is 0 Å². The average molecular weight is 282 g/mol. The van der Waals surface area contributed by atoms with Crippen LogP contribution in [0.5, 0.6) is 0 Å². The van der Waals surface area contributed by atoms with Gasteiger partial charge in [0.2, 0.25) is 0 Å². The average Bonchev–Trinajstić information content (AvgIpc) is 2.38. The number of aliphatic hydroxyl groups excluding tert-OH is 1. The molecule has 0 aromatic rings. The highest BCUT2D eigenvalue weighted by atomic mass is 16.6. The molecule has 0 saturated carbocycles. The van der Waals surface area contributed by atoms with Crippen LogP contribution >= 0.6 is 0 Å². The first-order valence-electron chi connectivity index (χ1n) is 7.48. The van der Waals surface area contributed by atoms with Gasteiger partial charge in [0.1, 0.15) is 5.60 Å². The maximum atomic E-state index is 11.1. The fourth-order valence-corrected chi connectivity index (χ4v) is 2.37. The summed E-state index contributed by atoms with van der Waals surface area (Å²) >= 11 is 0. The Balaban J connectivity index is 2.30. The van der Waals surface area contributed by atoms with Gasteiger partial charge in [-0.1, -0.05) is 19.4 Å². The lowest BCUT2D eigenvalue weighted by Crippen LogP contribution is -2.40. The number of rotatable bonds is 9. The van der Waals surface area contributed by atoms with Gasteiger partial charge in [-0.15, -0.1) is 0 Å². The van der Waals surface area contributed by atoms with E-state index in [0.717, 1.165) is 44.1 Å². The maximum absolute atomic E-state index is 11.1. The number of hydrogen-bond acceptors (Lipinski definition) is 4. The second kappa shape index (κ2) is 7.98. The Kier molecular flexibility index (Phi) is 6.62. The van der Waals surface area contributed by atoms with Crippen LogP contribution in [0.4, 0.5) is 0 Å². The molecule has 0 amide bonds. The second-order valence-corrected chi connectivity index (χ2v) is 5.27. The van der Waals surface area contributed by atoms with Crippen LogP contribution in [0.3, 0.4) is 0 Å². The molecule has 0 spiro atoms. The topological polar surface area (TPSA) is 55.8 Å². The summed E-state index contributed by atoms with van der Waals surface area (Å²) in [4.78, 5) is 11.1. The Morgan fingerprint density at radius 1 is 1.40 bits per heavy atom. The van der Waals surface area contributed by atoms with Gasteiger partial charge in [0.25, 0.3) is 5.95 Å². The summed E-state index contributed by atoms with van der Waals surface area (Å²) in [6.07, 6.45) is 8.94. The molecule has 0 aromatic carbocycles. The minimum atomic E-state index is -0.322. The van der Waals surface area contributed by atoms with Gasteiger partial charge in [0.05, 0.1) is 12.2 Å². The van der Waals surface area contributed by atoms with E-state index in [4.69, 9.17) is 9.47 Å². The van der Waals surface area contributed by atoms with Crippen molar-refractivity contribution in [2.45, 2.75) is 64.9 Å². The minimum absolute atomic E-state index is 0.114. The van der Waals surface area contributed by atoms with Gasteiger partial charge in [0, 0.05) is 6.08 Å². The van der Waals surface area contributed by atoms with Gasteiger partial charge in [-0.25, -0.2) is 4.79 Å². The zero-order chi connectivity index (χ0) is 15.0. The number of aliphatic hydroxyl groups is 1. The van der Waals surface area contributed by atoms with E-state index in [0.29, 0.717) is 6.61 Å². The van der Waals surface area contributed by atoms with E-state index in [1.807, 2.05) is 13.0 Å². The lowest BCUT2D eigenvalue weighted by molar-refractivity contribution is -0.137. The van der Waals surface area contributed by atoms with Crippen LogP contribution in [-0.2, 0) is 14.3 Å². The van der Waals surface area contributed by atoms with Crippen molar-refractivity contribution >= 4 is 5.97 Å². The van der Waals surface area contributed by atoms with E-state index in [9.17, 15) is 9.90 Å². The summed E-state index contributed by atoms with van der Waals surface area (Å²) in [6, 6.07) is 0. The Morgan fingerprint density at radius 2 is 2.15 bits per heavy atom. The molecule has 1 aliphatic rings. The summed E-state index contributed by atoms with van der Waals surface area (Å²) in [7, 11) is 0. The molecular weight excluding hydrogens is 256 g/mol. The SMILES string of the molecule is CCCCC1=C(O)OC1(C)CCC/C=C/C(=O)OCC. The Bertz CT molecular complexity index is 384. The molecule has 1 heterocycles. The summed E-state index contributed by atoms with van der Waals surface area (Å²) in [5.74, 6) is -0.178. The van der Waals surface area contributed by atoms with E-state index in [2.05, 4.69) is 6.92 Å². The third kappa shape index (κ3) is 4.58. The third-order valence-corrected chi connectivity index (χ3v) is 3.56. The van der Waals surface area contributed by atoms with Crippen molar-refractivity contribution in [1.82, 2.24) is 0 Å². The van der Waals surface area contributed by atoms with Crippen molar-refractivity contribution in [3.8, 4) is 0 Å². The Labute approximate surface area is 121 Å². The lowest BCUT2D eigenvalue weighted by Gasteiger charge is -2.41. The lowest BCUT2D eigenvalue weighted by atomic mass is 9.83. The Morgan fingerprint density at radius 3 is 2.75 bits per heavy atom. The van der Waals surface area contributed by atoms with Crippen LogP contribution in [0.2, 0.25) is 0 Å². The fourth-order valence-electron chi connectivity index (χ4n) is 2.37. The third-order valence-electron chi connectivity index (χ3n) is 3.56. The molecule has 1 unspecified atom stereocenters. The quantitative estimate of drug-likeness (QED) is 0.394. The largest absolute Gasteiger partial charge is 0.481 e. The zero-order valence-electron chi connectivity index (χ0n) is 12.8. The molecule has 114 valence electrons. The summed E-state index contributed by atoms with van der Waals surface area (Å²) in [5.41, 5.74) is 0.713. The normalized spacial score (nSPS) is 21.8. The van der Waals surface area contributed by atoms with Gasteiger partial charge >= 0.3 is 5.97 Å². The first-order chi connectivity index (χ1) is 9.53. The minimum Gasteiger partial charge on any atom is -0.481 e. The number of unbranched alkanes of at least 4 members (excludes halogenated alkanes) is 2. The summed E-state index contributed by atoms with van der Waals surface area (Å²) < 4.78 is 10.2. The van der Waals surface area contributed by atoms with E-state index in [1.54, 1.807) is 6.92 Å². The predicted octanol–water partition coefficient (Wildman–Crippen LogP) is 4.02. The Hall–Kier alpha value is -1.45. The maximum Gasteiger partial charge on any atom is 0.330 e. The van der Waals surface area contributed by atoms with Crippen molar-refractivity contribution in [2.24, 2.45) is 0 Å².